The summed E-state index contributed by atoms with van der Waals surface area (Å²) in [5.41, 5.74) is 42.2. The van der Waals surface area contributed by atoms with E-state index in [-0.39, 0.29) is 47.6 Å². The van der Waals surface area contributed by atoms with Gasteiger partial charge in [0.1, 0.15) is 0 Å². The molecule has 0 amide bonds. The Morgan fingerprint density at radius 2 is 0.797 bits per heavy atom. The molecule has 0 spiro atoms. The second-order valence-corrected chi connectivity index (χ2v) is 17.8. The molecule has 0 unspecified atom stereocenters. The van der Waals surface area contributed by atoms with Gasteiger partial charge >= 0.3 is 0 Å². The molecule has 0 radical (unpaired) electrons. The van der Waals surface area contributed by atoms with E-state index in [2.05, 4.69) is 81.1 Å². The van der Waals surface area contributed by atoms with Gasteiger partial charge in [0.25, 0.3) is 0 Å². The van der Waals surface area contributed by atoms with E-state index in [9.17, 15) is 0 Å². The van der Waals surface area contributed by atoms with Gasteiger partial charge in [0.05, 0.1) is 30.1 Å². The zero-order chi connectivity index (χ0) is 53.9. The van der Waals surface area contributed by atoms with Crippen molar-refractivity contribution in [3.05, 3.63) is 131 Å². The maximum atomic E-state index is 5.94. The predicted molar refractivity (Wildman–Crippen MR) is 300 cm³/mol. The third-order valence-electron chi connectivity index (χ3n) is 8.93. The fourth-order valence-electron chi connectivity index (χ4n) is 5.66. The number of aromatic nitrogens is 12. The summed E-state index contributed by atoms with van der Waals surface area (Å²) in [6, 6.07) is 23.6. The molecule has 24 nitrogen and oxygen atoms in total. The van der Waals surface area contributed by atoms with Gasteiger partial charge in [-0.25, -0.2) is 0 Å². The molecule has 8 aromatic rings. The van der Waals surface area contributed by atoms with Crippen LogP contribution in [0.3, 0.4) is 0 Å². The van der Waals surface area contributed by atoms with Crippen molar-refractivity contribution >= 4 is 158 Å². The van der Waals surface area contributed by atoms with Crippen LogP contribution in [0.4, 0.5) is 77.1 Å². The first kappa shape index (κ1) is 57.5. The Morgan fingerprint density at radius 1 is 0.392 bits per heavy atom. The molecule has 4 aromatic heterocycles. The number of hydrogen-bond acceptors (Lipinski definition) is 24. The van der Waals surface area contributed by atoms with Crippen LogP contribution < -0.4 is 66.3 Å². The molecule has 31 heteroatoms. The summed E-state index contributed by atoms with van der Waals surface area (Å²) in [5, 5.41) is 15.7. The number of benzene rings is 4. The van der Waals surface area contributed by atoms with Crippen LogP contribution in [0.1, 0.15) is 16.7 Å². The molecule has 0 saturated carbocycles. The number of nitrogen functional groups attached to an aromatic ring is 7. The first-order valence-corrected chi connectivity index (χ1v) is 23.9. The van der Waals surface area contributed by atoms with E-state index in [1.807, 2.05) is 56.6 Å². The predicted octanol–water partition coefficient (Wildman–Crippen LogP) is 7.87. The van der Waals surface area contributed by atoms with E-state index in [0.717, 1.165) is 34.6 Å². The highest BCUT2D eigenvalue weighted by atomic mass is 35.5. The monoisotopic (exact) mass is 1140 g/mol. The summed E-state index contributed by atoms with van der Waals surface area (Å²) in [6.45, 7) is 1.78. The second-order valence-electron chi connectivity index (χ2n) is 14.9. The van der Waals surface area contributed by atoms with E-state index in [1.54, 1.807) is 41.3 Å². The Labute approximate surface area is 459 Å². The molecular formula is C43H47Cl7N24. The lowest BCUT2D eigenvalue weighted by Crippen LogP contribution is -2.17. The zero-order valence-electron chi connectivity index (χ0n) is 39.0. The van der Waals surface area contributed by atoms with Crippen LogP contribution in [0.5, 0.6) is 0 Å². The summed E-state index contributed by atoms with van der Waals surface area (Å²) in [5.74, 6) is 2.51. The van der Waals surface area contributed by atoms with Crippen LogP contribution in [0.2, 0.25) is 35.2 Å². The van der Waals surface area contributed by atoms with Crippen LogP contribution in [-0.2, 0) is 19.4 Å². The van der Waals surface area contributed by atoms with Crippen molar-refractivity contribution in [2.24, 2.45) is 0 Å². The largest absolute Gasteiger partial charge is 0.368 e. The standard InChI is InChI=1S/C13H17ClN6.C11H12Cl2N6.C10H10Cl2N6.C9H8Cl2N6/c1-20(2)13-18-11(15)17-12(19-13)16-7-6-9-4-3-5-10(14)8-9;12-7-2-1-6(5-8(7)13)3-4-16-11-18-9(14)17-10(15)19-11;11-6-2-1-5(3-7(6)12)4-15-10-17-8(13)16-9(14)18-10;10-5-2-1-4(3-6(5)11)14-9-16-7(12)15-8(13)17-9/h3-5,8H,6-7H2,1-2H3,(H3,15,16,17,18,19);1-2,5H,3-4H2,(H5,14,15,16,17,18,19);1-3H,4H2,(H5,13,14,15,16,17,18);1-3H,(H5,12,13,14,15,16,17). The number of nitrogens with two attached hydrogens (primary N) is 7. The Kier molecular flexibility index (Phi) is 21.8. The third kappa shape index (κ3) is 19.9. The smallest absolute Gasteiger partial charge is 0.233 e. The molecule has 4 heterocycles. The average molecular weight is 1150 g/mol. The van der Waals surface area contributed by atoms with Crippen molar-refractivity contribution in [3.8, 4) is 0 Å². The number of hydrogen-bond donors (Lipinski definition) is 11. The van der Waals surface area contributed by atoms with Crippen LogP contribution in [0.25, 0.3) is 0 Å². The van der Waals surface area contributed by atoms with Crippen LogP contribution >= 0.6 is 81.2 Å². The van der Waals surface area contributed by atoms with Gasteiger partial charge in [-0.2, -0.15) is 59.8 Å². The Morgan fingerprint density at radius 3 is 1.27 bits per heavy atom. The van der Waals surface area contributed by atoms with Crippen molar-refractivity contribution in [1.82, 2.24) is 59.8 Å². The Bertz CT molecular complexity index is 3080. The summed E-state index contributed by atoms with van der Waals surface area (Å²) in [4.78, 5) is 48.5. The Balaban J connectivity index is 0.000000183. The van der Waals surface area contributed by atoms with Crippen molar-refractivity contribution < 1.29 is 0 Å². The molecule has 0 aliphatic rings. The van der Waals surface area contributed by atoms with Crippen molar-refractivity contribution in [2.75, 3.05) is 93.5 Å². The molecule has 0 aliphatic heterocycles. The molecule has 0 aliphatic carbocycles. The number of halogens is 7. The van der Waals surface area contributed by atoms with E-state index >= 15 is 0 Å². The van der Waals surface area contributed by atoms with E-state index in [4.69, 9.17) is 121 Å². The summed E-state index contributed by atoms with van der Waals surface area (Å²) in [7, 11) is 3.70. The first-order chi connectivity index (χ1) is 35.2. The molecule has 4 aromatic carbocycles. The highest BCUT2D eigenvalue weighted by Crippen LogP contribution is 2.27. The maximum Gasteiger partial charge on any atom is 0.233 e. The van der Waals surface area contributed by atoms with Gasteiger partial charge in [0.2, 0.25) is 71.4 Å². The summed E-state index contributed by atoms with van der Waals surface area (Å²) >= 11 is 41.1. The van der Waals surface area contributed by atoms with E-state index < -0.39 is 0 Å². The van der Waals surface area contributed by atoms with Crippen molar-refractivity contribution in [3.63, 3.8) is 0 Å². The number of nitrogens with zero attached hydrogens (tertiary/aromatic N) is 13. The molecule has 0 atom stereocenters. The topological polar surface area (TPSA) is 388 Å². The van der Waals surface area contributed by atoms with E-state index in [0.29, 0.717) is 79.3 Å². The molecule has 0 fully saturated rings. The van der Waals surface area contributed by atoms with Gasteiger partial charge in [-0.05, 0) is 84.1 Å². The molecule has 0 bridgehead atoms. The highest BCUT2D eigenvalue weighted by molar-refractivity contribution is 6.43. The number of rotatable bonds is 14. The van der Waals surface area contributed by atoms with Gasteiger partial charge < -0.3 is 66.3 Å². The van der Waals surface area contributed by atoms with Gasteiger partial charge in [-0.15, -0.1) is 0 Å². The average Bonchev–Trinajstić information content (AvgIpc) is 3.31. The quantitative estimate of drug-likeness (QED) is 0.0493. The number of anilines is 13. The molecule has 18 N–H and O–H groups in total. The first-order valence-electron chi connectivity index (χ1n) is 21.2. The van der Waals surface area contributed by atoms with Gasteiger partial charge in [-0.3, -0.25) is 0 Å². The number of nitrogens with one attached hydrogen (secondary N) is 4. The van der Waals surface area contributed by atoms with Crippen LogP contribution in [0.15, 0.2) is 78.9 Å². The molecule has 0 saturated heterocycles. The highest BCUT2D eigenvalue weighted by Gasteiger charge is 2.09. The van der Waals surface area contributed by atoms with Gasteiger partial charge in [-0.1, -0.05) is 105 Å². The van der Waals surface area contributed by atoms with Gasteiger partial charge in [0.15, 0.2) is 0 Å². The minimum absolute atomic E-state index is 0.0417. The lowest BCUT2D eigenvalue weighted by Gasteiger charge is -2.12. The second kappa shape index (κ2) is 28.1. The molecular weight excluding hydrogens is 1100 g/mol. The summed E-state index contributed by atoms with van der Waals surface area (Å²) < 4.78 is 0. The van der Waals surface area contributed by atoms with Crippen molar-refractivity contribution in [1.29, 1.82) is 0 Å². The maximum absolute atomic E-state index is 5.94. The minimum Gasteiger partial charge on any atom is -0.368 e. The molecule has 388 valence electrons. The normalized spacial score (nSPS) is 10.3. The molecule has 8 rings (SSSR count). The van der Waals surface area contributed by atoms with E-state index in [1.165, 1.54) is 0 Å². The third-order valence-corrected chi connectivity index (χ3v) is 11.4. The van der Waals surface area contributed by atoms with Crippen LogP contribution in [0, 0.1) is 0 Å². The van der Waals surface area contributed by atoms with Crippen LogP contribution in [-0.4, -0.2) is 87.0 Å². The zero-order valence-corrected chi connectivity index (χ0v) is 44.3. The summed E-state index contributed by atoms with van der Waals surface area (Å²) in [6.07, 6.45) is 1.56. The van der Waals surface area contributed by atoms with Gasteiger partial charge in [0, 0.05) is 44.4 Å². The lowest BCUT2D eigenvalue weighted by atomic mass is 10.1. The lowest BCUT2D eigenvalue weighted by molar-refractivity contribution is 0.935. The fraction of sp³-hybridized carbons (Fsp3) is 0.163. The van der Waals surface area contributed by atoms with Crippen molar-refractivity contribution in [2.45, 2.75) is 19.4 Å². The SMILES string of the molecule is CN(C)c1nc(N)nc(NCCc2cccc(Cl)c2)n1.Nc1nc(N)nc(NCCc2ccc(Cl)c(Cl)c2)n1.Nc1nc(N)nc(NCc2ccc(Cl)c(Cl)c2)n1.Nc1nc(N)nc(Nc2ccc(Cl)c(Cl)c2)n1. The molecule has 74 heavy (non-hydrogen) atoms. The minimum atomic E-state index is 0.0417. The fourth-order valence-corrected chi connectivity index (χ4v) is 6.81. The Hall–Kier alpha value is -7.45.